The van der Waals surface area contributed by atoms with Gasteiger partial charge in [-0.2, -0.15) is 0 Å². The third-order valence-electron chi connectivity index (χ3n) is 1.44. The zero-order chi connectivity index (χ0) is 9.90. The molecule has 6 heteroatoms. The first kappa shape index (κ1) is 10.6. The van der Waals surface area contributed by atoms with Crippen LogP contribution in [0, 0.1) is 0 Å². The first-order chi connectivity index (χ1) is 6.10. The molecule has 0 bridgehead atoms. The van der Waals surface area contributed by atoms with Gasteiger partial charge in [-0.3, -0.25) is 0 Å². The van der Waals surface area contributed by atoms with Crippen molar-refractivity contribution in [1.82, 2.24) is 4.72 Å². The Kier molecular flexibility index (Phi) is 3.43. The van der Waals surface area contributed by atoms with Gasteiger partial charge in [-0.25, -0.2) is 13.1 Å². The van der Waals surface area contributed by atoms with E-state index in [0.29, 0.717) is 17.3 Å². The highest BCUT2D eigenvalue weighted by Crippen LogP contribution is 2.20. The van der Waals surface area contributed by atoms with Gasteiger partial charge >= 0.3 is 0 Å². The van der Waals surface area contributed by atoms with Gasteiger partial charge in [-0.15, -0.1) is 11.3 Å². The minimum absolute atomic E-state index is 0.329. The lowest BCUT2D eigenvalue weighted by Crippen LogP contribution is -2.22. The third kappa shape index (κ3) is 2.50. The van der Waals surface area contributed by atoms with Crippen LogP contribution < -0.4 is 10.5 Å². The number of nitrogens with one attached hydrogen (secondary N) is 1. The van der Waals surface area contributed by atoms with Gasteiger partial charge in [0.15, 0.2) is 0 Å². The lowest BCUT2D eigenvalue weighted by molar-refractivity contribution is 0.586. The van der Waals surface area contributed by atoms with Gasteiger partial charge in [0.05, 0.1) is 0 Å². The van der Waals surface area contributed by atoms with E-state index in [1.54, 1.807) is 19.1 Å². The van der Waals surface area contributed by atoms with Crippen molar-refractivity contribution in [2.24, 2.45) is 5.73 Å². The second-order valence-corrected chi connectivity index (χ2v) is 5.59. The number of rotatable bonds is 4. The largest absolute Gasteiger partial charge is 0.326 e. The quantitative estimate of drug-likeness (QED) is 0.776. The summed E-state index contributed by atoms with van der Waals surface area (Å²) in [7, 11) is -3.29. The van der Waals surface area contributed by atoms with Crippen molar-refractivity contribution in [2.45, 2.75) is 17.7 Å². The average molecular weight is 220 g/mol. The Morgan fingerprint density at radius 1 is 1.54 bits per heavy atom. The molecular formula is C7H12N2O2S2. The van der Waals surface area contributed by atoms with Crippen LogP contribution in [0.25, 0.3) is 0 Å². The summed E-state index contributed by atoms with van der Waals surface area (Å²) in [5.41, 5.74) is 5.38. The Bertz CT molecular complexity index is 370. The summed E-state index contributed by atoms with van der Waals surface area (Å²) in [5.74, 6) is 0. The van der Waals surface area contributed by atoms with Crippen LogP contribution in [0.4, 0.5) is 0 Å². The molecule has 4 nitrogen and oxygen atoms in total. The van der Waals surface area contributed by atoms with Gasteiger partial charge in [0.25, 0.3) is 0 Å². The Labute approximate surface area is 81.8 Å². The molecule has 3 N–H and O–H groups in total. The van der Waals surface area contributed by atoms with Gasteiger partial charge < -0.3 is 5.73 Å². The molecule has 0 aliphatic heterocycles. The van der Waals surface area contributed by atoms with E-state index < -0.39 is 10.0 Å². The number of thiophene rings is 1. The Balaban J connectivity index is 2.94. The fourth-order valence-electron chi connectivity index (χ4n) is 0.874. The molecule has 0 saturated heterocycles. The number of nitrogens with two attached hydrogens (primary N) is 1. The van der Waals surface area contributed by atoms with E-state index >= 15 is 0 Å². The minimum Gasteiger partial charge on any atom is -0.326 e. The molecule has 0 fully saturated rings. The number of sulfonamides is 1. The molecule has 0 saturated carbocycles. The summed E-state index contributed by atoms with van der Waals surface area (Å²) in [6.07, 6.45) is 0. The molecule has 0 amide bonds. The molecular weight excluding hydrogens is 208 g/mol. The molecule has 0 spiro atoms. The maximum Gasteiger partial charge on any atom is 0.250 e. The average Bonchev–Trinajstić information content (AvgIpc) is 2.52. The smallest absolute Gasteiger partial charge is 0.250 e. The van der Waals surface area contributed by atoms with Crippen molar-refractivity contribution >= 4 is 21.4 Å². The molecule has 0 aromatic carbocycles. The van der Waals surface area contributed by atoms with Crippen molar-refractivity contribution < 1.29 is 8.42 Å². The molecule has 0 aliphatic rings. The molecule has 0 aliphatic carbocycles. The van der Waals surface area contributed by atoms with Crippen LogP contribution in [0.2, 0.25) is 0 Å². The fraction of sp³-hybridized carbons (Fsp3) is 0.429. The van der Waals surface area contributed by atoms with Crippen molar-refractivity contribution in [2.75, 3.05) is 6.54 Å². The first-order valence-electron chi connectivity index (χ1n) is 3.88. The van der Waals surface area contributed by atoms with Crippen LogP contribution in [0.15, 0.2) is 16.3 Å². The zero-order valence-corrected chi connectivity index (χ0v) is 8.91. The topological polar surface area (TPSA) is 72.2 Å². The molecule has 13 heavy (non-hydrogen) atoms. The predicted molar refractivity (Wildman–Crippen MR) is 53.1 cm³/mol. The Morgan fingerprint density at radius 2 is 2.23 bits per heavy atom. The van der Waals surface area contributed by atoms with Gasteiger partial charge in [-0.1, -0.05) is 6.92 Å². The van der Waals surface area contributed by atoms with Crippen LogP contribution >= 0.6 is 11.3 Å². The Morgan fingerprint density at radius 3 is 2.69 bits per heavy atom. The van der Waals surface area contributed by atoms with Crippen molar-refractivity contribution in [3.05, 3.63) is 17.0 Å². The van der Waals surface area contributed by atoms with E-state index in [1.807, 2.05) is 0 Å². The maximum absolute atomic E-state index is 11.4. The molecule has 0 atom stereocenters. The summed E-state index contributed by atoms with van der Waals surface area (Å²) < 4.78 is 25.6. The molecule has 1 rings (SSSR count). The summed E-state index contributed by atoms with van der Waals surface area (Å²) in [6.45, 7) is 2.53. The van der Waals surface area contributed by atoms with Gasteiger partial charge in [-0.05, 0) is 12.1 Å². The molecule has 0 unspecified atom stereocenters. The van der Waals surface area contributed by atoms with Crippen molar-refractivity contribution in [1.29, 1.82) is 0 Å². The molecule has 74 valence electrons. The monoisotopic (exact) mass is 220 g/mol. The first-order valence-corrected chi connectivity index (χ1v) is 6.18. The highest BCUT2D eigenvalue weighted by molar-refractivity contribution is 7.91. The summed E-state index contributed by atoms with van der Waals surface area (Å²) in [4.78, 5) is 0.872. The summed E-state index contributed by atoms with van der Waals surface area (Å²) in [6, 6.07) is 3.31. The Hall–Kier alpha value is -0.430. The van der Waals surface area contributed by atoms with Crippen LogP contribution in [0.3, 0.4) is 0 Å². The minimum atomic E-state index is -3.29. The maximum atomic E-state index is 11.4. The van der Waals surface area contributed by atoms with Crippen molar-refractivity contribution in [3.8, 4) is 0 Å². The second kappa shape index (κ2) is 4.19. The van der Waals surface area contributed by atoms with Crippen LogP contribution in [-0.4, -0.2) is 15.0 Å². The highest BCUT2D eigenvalue weighted by Gasteiger charge is 2.14. The van der Waals surface area contributed by atoms with E-state index in [9.17, 15) is 8.42 Å². The van der Waals surface area contributed by atoms with Gasteiger partial charge in [0.2, 0.25) is 10.0 Å². The predicted octanol–water partition coefficient (Wildman–Crippen LogP) is 0.505. The summed E-state index contributed by atoms with van der Waals surface area (Å²) >= 11 is 1.20. The standard InChI is InChI=1S/C7H12N2O2S2/c1-2-9-13(10,11)7-4-3-6(5-8)12-7/h3-4,9H,2,5,8H2,1H3. The van der Waals surface area contributed by atoms with Crippen molar-refractivity contribution in [3.63, 3.8) is 0 Å². The second-order valence-electron chi connectivity index (χ2n) is 2.43. The molecule has 1 heterocycles. The van der Waals surface area contributed by atoms with E-state index in [-0.39, 0.29) is 0 Å². The SMILES string of the molecule is CCNS(=O)(=O)c1ccc(CN)s1. The normalized spacial score (nSPS) is 11.8. The molecule has 0 radical (unpaired) electrons. The van der Waals surface area contributed by atoms with E-state index in [2.05, 4.69) is 4.72 Å². The van der Waals surface area contributed by atoms with E-state index in [4.69, 9.17) is 5.73 Å². The van der Waals surface area contributed by atoms with Crippen LogP contribution in [0.1, 0.15) is 11.8 Å². The third-order valence-corrected chi connectivity index (χ3v) is 4.58. The van der Waals surface area contributed by atoms with Crippen LogP contribution in [-0.2, 0) is 16.6 Å². The van der Waals surface area contributed by atoms with Gasteiger partial charge in [0, 0.05) is 18.0 Å². The van der Waals surface area contributed by atoms with E-state index in [0.717, 1.165) is 4.88 Å². The van der Waals surface area contributed by atoms with E-state index in [1.165, 1.54) is 11.3 Å². The summed E-state index contributed by atoms with van der Waals surface area (Å²) in [5, 5.41) is 0. The fourth-order valence-corrected chi connectivity index (χ4v) is 3.19. The molecule has 1 aromatic rings. The number of hydrogen-bond donors (Lipinski definition) is 2. The number of hydrogen-bond acceptors (Lipinski definition) is 4. The van der Waals surface area contributed by atoms with Crippen LogP contribution in [0.5, 0.6) is 0 Å². The zero-order valence-electron chi connectivity index (χ0n) is 7.28. The highest BCUT2D eigenvalue weighted by atomic mass is 32.2. The molecule has 1 aromatic heterocycles. The lowest BCUT2D eigenvalue weighted by Gasteiger charge is -1.99. The van der Waals surface area contributed by atoms with Gasteiger partial charge in [0.1, 0.15) is 4.21 Å². The lowest BCUT2D eigenvalue weighted by atomic mass is 10.5.